The van der Waals surface area contributed by atoms with E-state index in [2.05, 4.69) is 10.3 Å². The lowest BCUT2D eigenvalue weighted by atomic mass is 9.66. The molecule has 1 aromatic heterocycles. The summed E-state index contributed by atoms with van der Waals surface area (Å²) in [5, 5.41) is 15.0. The predicted molar refractivity (Wildman–Crippen MR) is 113 cm³/mol. The summed E-state index contributed by atoms with van der Waals surface area (Å²) in [5.41, 5.74) is 1.85. The highest BCUT2D eigenvalue weighted by Crippen LogP contribution is 2.47. The molecule has 3 aliphatic rings. The first-order valence-electron chi connectivity index (χ1n) is 11.0. The summed E-state index contributed by atoms with van der Waals surface area (Å²) in [6.45, 7) is 1.48. The van der Waals surface area contributed by atoms with Gasteiger partial charge in [0.1, 0.15) is 11.5 Å². The van der Waals surface area contributed by atoms with Gasteiger partial charge in [0.25, 0.3) is 5.91 Å². The summed E-state index contributed by atoms with van der Waals surface area (Å²) in [6, 6.07) is 14.0. The molecule has 5 rings (SSSR count). The number of piperidine rings is 1. The van der Waals surface area contributed by atoms with Crippen molar-refractivity contribution in [2.24, 2.45) is 5.92 Å². The summed E-state index contributed by atoms with van der Waals surface area (Å²) in [7, 11) is 0. The fraction of sp³-hybridized carbons (Fsp3) is 0.500. The number of carbonyl (C=O) groups excluding carboxylic acids is 1. The van der Waals surface area contributed by atoms with Crippen LogP contribution in [0.2, 0.25) is 0 Å². The van der Waals surface area contributed by atoms with Gasteiger partial charge in [-0.15, -0.1) is 0 Å². The van der Waals surface area contributed by atoms with Crippen LogP contribution in [0.3, 0.4) is 0 Å². The third kappa shape index (κ3) is 3.21. The largest absolute Gasteiger partial charge is 0.385 e. The molecular formula is C24H29N3O2. The average molecular weight is 392 g/mol. The summed E-state index contributed by atoms with van der Waals surface area (Å²) in [4.78, 5) is 20.1. The molecule has 1 saturated carbocycles. The minimum atomic E-state index is -0.853. The minimum absolute atomic E-state index is 0.00665. The molecule has 152 valence electrons. The number of aryl methyl sites for hydroxylation is 1. The molecule has 2 aromatic rings. The van der Waals surface area contributed by atoms with E-state index < -0.39 is 5.60 Å². The highest BCUT2D eigenvalue weighted by molar-refractivity contribution is 5.93. The number of nitrogens with zero attached hydrogens (tertiary/aromatic N) is 2. The first kappa shape index (κ1) is 18.6. The molecule has 29 heavy (non-hydrogen) atoms. The van der Waals surface area contributed by atoms with Crippen LogP contribution in [-0.4, -0.2) is 40.0 Å². The van der Waals surface area contributed by atoms with Crippen molar-refractivity contribution in [1.29, 1.82) is 0 Å². The predicted octanol–water partition coefficient (Wildman–Crippen LogP) is 3.73. The van der Waals surface area contributed by atoms with E-state index in [-0.39, 0.29) is 17.9 Å². The molecule has 5 nitrogen and oxygen atoms in total. The highest BCUT2D eigenvalue weighted by Gasteiger charge is 2.50. The minimum Gasteiger partial charge on any atom is -0.385 e. The van der Waals surface area contributed by atoms with Gasteiger partial charge in [0, 0.05) is 25.0 Å². The van der Waals surface area contributed by atoms with E-state index in [9.17, 15) is 9.90 Å². The molecule has 1 aliphatic carbocycles. The van der Waals surface area contributed by atoms with Gasteiger partial charge < -0.3 is 15.3 Å². The van der Waals surface area contributed by atoms with Crippen LogP contribution in [0.1, 0.15) is 60.1 Å². The van der Waals surface area contributed by atoms with Crippen LogP contribution in [0.15, 0.2) is 42.5 Å². The van der Waals surface area contributed by atoms with Gasteiger partial charge in [0.15, 0.2) is 0 Å². The van der Waals surface area contributed by atoms with Crippen molar-refractivity contribution in [3.05, 3.63) is 59.3 Å². The number of aromatic nitrogens is 1. The molecule has 2 fully saturated rings. The molecular weight excluding hydrogens is 362 g/mol. The highest BCUT2D eigenvalue weighted by atomic mass is 16.3. The van der Waals surface area contributed by atoms with E-state index in [0.29, 0.717) is 18.7 Å². The molecule has 3 atom stereocenters. The van der Waals surface area contributed by atoms with Gasteiger partial charge in [-0.05, 0) is 49.3 Å². The molecule has 3 heterocycles. The van der Waals surface area contributed by atoms with Crippen molar-refractivity contribution < 1.29 is 9.90 Å². The summed E-state index contributed by atoms with van der Waals surface area (Å²) < 4.78 is 0. The second kappa shape index (κ2) is 7.45. The average Bonchev–Trinajstić information content (AvgIpc) is 2.79. The molecule has 2 N–H and O–H groups in total. The number of benzene rings is 1. The zero-order valence-electron chi connectivity index (χ0n) is 16.8. The van der Waals surface area contributed by atoms with Crippen molar-refractivity contribution in [3.63, 3.8) is 0 Å². The van der Waals surface area contributed by atoms with Crippen LogP contribution in [-0.2, 0) is 12.0 Å². The lowest BCUT2D eigenvalue weighted by Gasteiger charge is -2.52. The number of hydrogen-bond donors (Lipinski definition) is 2. The monoisotopic (exact) mass is 391 g/mol. The Bertz CT molecular complexity index is 900. The van der Waals surface area contributed by atoms with Crippen molar-refractivity contribution in [2.75, 3.05) is 18.4 Å². The molecule has 1 saturated heterocycles. The molecule has 0 spiro atoms. The molecule has 1 aromatic carbocycles. The smallest absolute Gasteiger partial charge is 0.272 e. The van der Waals surface area contributed by atoms with E-state index in [0.717, 1.165) is 56.5 Å². The lowest BCUT2D eigenvalue weighted by Crippen LogP contribution is -2.59. The number of carbonyl (C=O) groups is 1. The van der Waals surface area contributed by atoms with Crippen LogP contribution >= 0.6 is 0 Å². The second-order valence-electron chi connectivity index (χ2n) is 8.73. The van der Waals surface area contributed by atoms with Gasteiger partial charge in [-0.25, -0.2) is 4.98 Å². The Kier molecular flexibility index (Phi) is 4.78. The first-order valence-corrected chi connectivity index (χ1v) is 11.0. The van der Waals surface area contributed by atoms with Gasteiger partial charge in [-0.2, -0.15) is 0 Å². The zero-order chi connectivity index (χ0) is 19.8. The van der Waals surface area contributed by atoms with Crippen molar-refractivity contribution >= 4 is 11.7 Å². The Morgan fingerprint density at radius 1 is 1.10 bits per heavy atom. The van der Waals surface area contributed by atoms with Gasteiger partial charge in [0.05, 0.1) is 5.60 Å². The van der Waals surface area contributed by atoms with Gasteiger partial charge in [-0.1, -0.05) is 49.2 Å². The Balaban J connectivity index is 1.44. The van der Waals surface area contributed by atoms with Crippen LogP contribution in [0.5, 0.6) is 0 Å². The quantitative estimate of drug-likeness (QED) is 0.819. The maximum atomic E-state index is 13.4. The fourth-order valence-electron chi connectivity index (χ4n) is 5.62. The molecule has 1 amide bonds. The molecule has 0 unspecified atom stereocenters. The van der Waals surface area contributed by atoms with E-state index in [1.807, 2.05) is 47.4 Å². The number of pyridine rings is 1. The Hall–Kier alpha value is -2.40. The normalized spacial score (nSPS) is 28.8. The van der Waals surface area contributed by atoms with Crippen LogP contribution in [0, 0.1) is 5.92 Å². The number of rotatable bonds is 2. The van der Waals surface area contributed by atoms with Crippen molar-refractivity contribution in [2.45, 2.75) is 56.6 Å². The maximum absolute atomic E-state index is 13.4. The maximum Gasteiger partial charge on any atom is 0.272 e. The van der Waals surface area contributed by atoms with Gasteiger partial charge in [0.2, 0.25) is 0 Å². The lowest BCUT2D eigenvalue weighted by molar-refractivity contribution is -0.110. The number of amides is 1. The topological polar surface area (TPSA) is 65.5 Å². The van der Waals surface area contributed by atoms with E-state index >= 15 is 0 Å². The van der Waals surface area contributed by atoms with Crippen molar-refractivity contribution in [3.8, 4) is 0 Å². The number of aliphatic hydroxyl groups is 1. The number of fused-ring (bicyclic) bond motifs is 2. The first-order chi connectivity index (χ1) is 14.2. The fourth-order valence-corrected chi connectivity index (χ4v) is 5.62. The zero-order valence-corrected chi connectivity index (χ0v) is 16.8. The Morgan fingerprint density at radius 2 is 1.93 bits per heavy atom. The second-order valence-corrected chi connectivity index (χ2v) is 8.73. The molecule has 0 radical (unpaired) electrons. The number of likely N-dealkylation sites (tertiary alicyclic amines) is 1. The Morgan fingerprint density at radius 3 is 2.79 bits per heavy atom. The van der Waals surface area contributed by atoms with Gasteiger partial charge >= 0.3 is 0 Å². The number of nitrogens with one attached hydrogen (secondary N) is 1. The van der Waals surface area contributed by atoms with E-state index in [4.69, 9.17) is 0 Å². The summed E-state index contributed by atoms with van der Waals surface area (Å²) in [6.07, 6.45) is 6.83. The third-order valence-corrected chi connectivity index (χ3v) is 7.12. The van der Waals surface area contributed by atoms with Crippen molar-refractivity contribution in [1.82, 2.24) is 9.88 Å². The Labute approximate surface area is 172 Å². The summed E-state index contributed by atoms with van der Waals surface area (Å²) in [5.74, 6) is 0.944. The van der Waals surface area contributed by atoms with Crippen LogP contribution in [0.25, 0.3) is 0 Å². The van der Waals surface area contributed by atoms with E-state index in [1.165, 1.54) is 5.56 Å². The summed E-state index contributed by atoms with van der Waals surface area (Å²) >= 11 is 0. The van der Waals surface area contributed by atoms with Gasteiger partial charge in [-0.3, -0.25) is 4.79 Å². The molecule has 0 bridgehead atoms. The van der Waals surface area contributed by atoms with Crippen LogP contribution in [0.4, 0.5) is 5.82 Å². The number of anilines is 1. The third-order valence-electron chi connectivity index (χ3n) is 7.12. The van der Waals surface area contributed by atoms with E-state index in [1.54, 1.807) is 0 Å². The molecule has 2 aliphatic heterocycles. The van der Waals surface area contributed by atoms with Crippen LogP contribution < -0.4 is 5.32 Å². The SMILES string of the molecule is O=C(c1ccc2c(n1)NCCC2)N1CC[C@](O)(c2ccccc2)[C@H]2CCCC[C@H]21. The standard InChI is InChI=1S/C24H29N3O2/c28-23(20-13-12-17-7-6-15-25-22(17)26-20)27-16-14-24(29,18-8-2-1-3-9-18)19-10-4-5-11-21(19)27/h1-3,8-9,12-13,19,21,29H,4-7,10-11,14-16H2,(H,25,26)/t19-,21+,24-/m0/s1. The molecule has 5 heteroatoms. The number of hydrogen-bond acceptors (Lipinski definition) is 4.